The quantitative estimate of drug-likeness (QED) is 0.235. The lowest BCUT2D eigenvalue weighted by Crippen LogP contribution is -2.39. The van der Waals surface area contributed by atoms with E-state index < -0.39 is 0 Å². The molecule has 28 heavy (non-hydrogen) atoms. The molecule has 0 bridgehead atoms. The minimum absolute atomic E-state index is 0. The van der Waals surface area contributed by atoms with E-state index in [1.807, 2.05) is 6.92 Å². The largest absolute Gasteiger partial charge is 0.380 e. The average molecular weight is 503 g/mol. The Bertz CT molecular complexity index is 552. The summed E-state index contributed by atoms with van der Waals surface area (Å²) in [6.07, 6.45) is 1.26. The van der Waals surface area contributed by atoms with Crippen molar-refractivity contribution < 1.29 is 4.74 Å². The summed E-state index contributed by atoms with van der Waals surface area (Å²) in [6.45, 7) is 13.6. The van der Waals surface area contributed by atoms with Crippen LogP contribution in [0.15, 0.2) is 29.3 Å². The van der Waals surface area contributed by atoms with Gasteiger partial charge in [0.2, 0.25) is 0 Å². The molecule has 160 valence electrons. The molecule has 0 spiro atoms. The summed E-state index contributed by atoms with van der Waals surface area (Å²) in [5.41, 5.74) is 2.62. The molecule has 2 N–H and O–H groups in total. The number of hydrogen-bond acceptors (Lipinski definition) is 4. The molecule has 0 aliphatic carbocycles. The number of likely N-dealkylation sites (N-methyl/N-ethyl adjacent to an activating group) is 1. The van der Waals surface area contributed by atoms with Crippen molar-refractivity contribution in [1.82, 2.24) is 20.4 Å². The molecule has 0 atom stereocenters. The summed E-state index contributed by atoms with van der Waals surface area (Å²) in [6, 6.07) is 8.89. The Labute approximate surface area is 188 Å². The van der Waals surface area contributed by atoms with Crippen LogP contribution < -0.4 is 10.6 Å². The van der Waals surface area contributed by atoms with Crippen LogP contribution in [0.4, 0.5) is 0 Å². The highest BCUT2D eigenvalue weighted by molar-refractivity contribution is 14.0. The molecule has 1 aromatic carbocycles. The van der Waals surface area contributed by atoms with Crippen molar-refractivity contribution in [1.29, 1.82) is 0 Å². The molecule has 7 heteroatoms. The molecule has 2 rings (SSSR count). The first-order valence-electron chi connectivity index (χ1n) is 10.3. The standard InChI is InChI=1S/C21H37N5O.HI/c1-4-22-21(23-11-16-27-5-2)24-17-19-7-9-20(10-8-19)18-26-13-6-12-25(3)14-15-26;/h7-10H,4-6,11-18H2,1-3H3,(H2,22,23,24);1H. The van der Waals surface area contributed by atoms with Gasteiger partial charge in [0.1, 0.15) is 0 Å². The van der Waals surface area contributed by atoms with Crippen molar-refractivity contribution in [3.05, 3.63) is 35.4 Å². The molecule has 1 aromatic rings. The topological polar surface area (TPSA) is 52.1 Å². The van der Waals surface area contributed by atoms with Crippen molar-refractivity contribution in [2.24, 2.45) is 4.99 Å². The highest BCUT2D eigenvalue weighted by Gasteiger charge is 2.12. The maximum Gasteiger partial charge on any atom is 0.191 e. The predicted octanol–water partition coefficient (Wildman–Crippen LogP) is 2.53. The SMILES string of the molecule is CCNC(=NCc1ccc(CN2CCCN(C)CC2)cc1)NCCOCC.I. The van der Waals surface area contributed by atoms with Crippen LogP contribution in [-0.4, -0.2) is 75.3 Å². The monoisotopic (exact) mass is 503 g/mol. The second kappa shape index (κ2) is 15.0. The number of guanidine groups is 1. The molecule has 6 nitrogen and oxygen atoms in total. The van der Waals surface area contributed by atoms with Crippen LogP contribution in [0.5, 0.6) is 0 Å². The molecule has 0 unspecified atom stereocenters. The summed E-state index contributed by atoms with van der Waals surface area (Å²) in [5, 5.41) is 6.58. The molecule has 1 saturated heterocycles. The summed E-state index contributed by atoms with van der Waals surface area (Å²) in [5.74, 6) is 0.843. The molecule has 0 amide bonds. The smallest absolute Gasteiger partial charge is 0.191 e. The molecule has 1 aliphatic heterocycles. The van der Waals surface area contributed by atoms with Crippen LogP contribution >= 0.6 is 24.0 Å². The highest BCUT2D eigenvalue weighted by atomic mass is 127. The first kappa shape index (κ1) is 25.1. The maximum absolute atomic E-state index is 5.36. The molecule has 1 heterocycles. The van der Waals surface area contributed by atoms with Crippen LogP contribution in [0, 0.1) is 0 Å². The fourth-order valence-corrected chi connectivity index (χ4v) is 3.16. The van der Waals surface area contributed by atoms with Gasteiger partial charge in [-0.2, -0.15) is 0 Å². The minimum Gasteiger partial charge on any atom is -0.380 e. The van der Waals surface area contributed by atoms with Crippen molar-refractivity contribution in [2.45, 2.75) is 33.4 Å². The van der Waals surface area contributed by atoms with Crippen LogP contribution in [-0.2, 0) is 17.8 Å². The third-order valence-electron chi connectivity index (χ3n) is 4.75. The molecule has 0 saturated carbocycles. The summed E-state index contributed by atoms with van der Waals surface area (Å²) < 4.78 is 5.36. The van der Waals surface area contributed by atoms with E-state index in [-0.39, 0.29) is 24.0 Å². The number of rotatable bonds is 9. The van der Waals surface area contributed by atoms with Gasteiger partial charge in [-0.3, -0.25) is 4.90 Å². The highest BCUT2D eigenvalue weighted by Crippen LogP contribution is 2.10. The van der Waals surface area contributed by atoms with E-state index in [1.54, 1.807) is 0 Å². The zero-order valence-corrected chi connectivity index (χ0v) is 20.1. The average Bonchev–Trinajstić information content (AvgIpc) is 2.88. The van der Waals surface area contributed by atoms with Crippen molar-refractivity contribution >= 4 is 29.9 Å². The fourth-order valence-electron chi connectivity index (χ4n) is 3.16. The zero-order valence-electron chi connectivity index (χ0n) is 17.7. The van der Waals surface area contributed by atoms with E-state index in [1.165, 1.54) is 30.6 Å². The van der Waals surface area contributed by atoms with Crippen molar-refractivity contribution in [3.8, 4) is 0 Å². The van der Waals surface area contributed by atoms with Gasteiger partial charge in [-0.15, -0.1) is 24.0 Å². The predicted molar refractivity (Wildman–Crippen MR) is 129 cm³/mol. The van der Waals surface area contributed by atoms with Crippen LogP contribution in [0.3, 0.4) is 0 Å². The van der Waals surface area contributed by atoms with Gasteiger partial charge in [0.05, 0.1) is 13.2 Å². The minimum atomic E-state index is 0. The Kier molecular flexibility index (Phi) is 13.5. The van der Waals surface area contributed by atoms with Crippen molar-refractivity contribution in [3.63, 3.8) is 0 Å². The van der Waals surface area contributed by atoms with Crippen LogP contribution in [0.25, 0.3) is 0 Å². The summed E-state index contributed by atoms with van der Waals surface area (Å²) >= 11 is 0. The first-order chi connectivity index (χ1) is 13.2. The lowest BCUT2D eigenvalue weighted by Gasteiger charge is -2.20. The Hall–Kier alpha value is -0.900. The molecule has 1 fully saturated rings. The third kappa shape index (κ3) is 10.0. The van der Waals surface area contributed by atoms with Gasteiger partial charge in [0, 0.05) is 39.3 Å². The van der Waals surface area contributed by atoms with Crippen molar-refractivity contribution in [2.75, 3.05) is 59.5 Å². The number of nitrogens with one attached hydrogen (secondary N) is 2. The molecule has 0 aromatic heterocycles. The molecular weight excluding hydrogens is 465 g/mol. The zero-order chi connectivity index (χ0) is 19.3. The lowest BCUT2D eigenvalue weighted by molar-refractivity contribution is 0.152. The Morgan fingerprint density at radius 1 is 1.04 bits per heavy atom. The number of benzene rings is 1. The van der Waals surface area contributed by atoms with Gasteiger partial charge in [-0.1, -0.05) is 24.3 Å². The lowest BCUT2D eigenvalue weighted by atomic mass is 10.1. The third-order valence-corrected chi connectivity index (χ3v) is 4.75. The Morgan fingerprint density at radius 3 is 2.50 bits per heavy atom. The Morgan fingerprint density at radius 2 is 1.79 bits per heavy atom. The Balaban J connectivity index is 0.00000392. The first-order valence-corrected chi connectivity index (χ1v) is 10.3. The number of halogens is 1. The summed E-state index contributed by atoms with van der Waals surface area (Å²) in [4.78, 5) is 9.65. The van der Waals surface area contributed by atoms with Gasteiger partial charge in [-0.05, 0) is 51.5 Å². The number of aliphatic imine (C=N–C) groups is 1. The van der Waals surface area contributed by atoms with E-state index in [4.69, 9.17) is 4.74 Å². The van der Waals surface area contributed by atoms with Gasteiger partial charge < -0.3 is 20.3 Å². The maximum atomic E-state index is 5.36. The van der Waals surface area contributed by atoms with Gasteiger partial charge in [-0.25, -0.2) is 4.99 Å². The van der Waals surface area contributed by atoms with Crippen LogP contribution in [0.1, 0.15) is 31.4 Å². The molecule has 1 aliphatic rings. The number of ether oxygens (including phenoxy) is 1. The van der Waals surface area contributed by atoms with Gasteiger partial charge in [0.25, 0.3) is 0 Å². The second-order valence-corrected chi connectivity index (χ2v) is 7.07. The van der Waals surface area contributed by atoms with E-state index >= 15 is 0 Å². The normalized spacial score (nSPS) is 16.3. The van der Waals surface area contributed by atoms with E-state index in [0.717, 1.165) is 45.3 Å². The van der Waals surface area contributed by atoms with E-state index in [9.17, 15) is 0 Å². The second-order valence-electron chi connectivity index (χ2n) is 7.07. The molecule has 0 radical (unpaired) electrons. The summed E-state index contributed by atoms with van der Waals surface area (Å²) in [7, 11) is 2.21. The van der Waals surface area contributed by atoms with E-state index in [0.29, 0.717) is 13.2 Å². The van der Waals surface area contributed by atoms with Gasteiger partial charge in [0.15, 0.2) is 5.96 Å². The molecular formula is C21H38IN5O. The van der Waals surface area contributed by atoms with Gasteiger partial charge >= 0.3 is 0 Å². The fraction of sp³-hybridized carbons (Fsp3) is 0.667. The number of nitrogens with zero attached hydrogens (tertiary/aromatic N) is 3. The number of hydrogen-bond donors (Lipinski definition) is 2. The van der Waals surface area contributed by atoms with E-state index in [2.05, 4.69) is 63.7 Å². The van der Waals surface area contributed by atoms with Crippen LogP contribution in [0.2, 0.25) is 0 Å².